The van der Waals surface area contributed by atoms with Crippen LogP contribution in [0.2, 0.25) is 0 Å². The molecule has 0 aliphatic carbocycles. The average Bonchev–Trinajstić information content (AvgIpc) is 3.16. The monoisotopic (exact) mass is 380 g/mol. The summed E-state index contributed by atoms with van der Waals surface area (Å²) in [5.41, 5.74) is 4.72. The second-order valence-corrected chi connectivity index (χ2v) is 8.85. The van der Waals surface area contributed by atoms with Gasteiger partial charge in [0.1, 0.15) is 0 Å². The van der Waals surface area contributed by atoms with Gasteiger partial charge in [0.05, 0.1) is 10.9 Å². The SMILES string of the molecule is CC(Sc1nc(-c2ccccc2)cs1)C(=O)N1CCc2ccccc2C1. The molecule has 0 saturated carbocycles. The minimum absolute atomic E-state index is 0.130. The zero-order chi connectivity index (χ0) is 17.9. The molecule has 1 atom stereocenters. The lowest BCUT2D eigenvalue weighted by Gasteiger charge is -2.30. The molecule has 3 nitrogen and oxygen atoms in total. The van der Waals surface area contributed by atoms with Crippen LogP contribution >= 0.6 is 23.1 Å². The molecule has 132 valence electrons. The first kappa shape index (κ1) is 17.3. The van der Waals surface area contributed by atoms with Crippen molar-refractivity contribution in [3.8, 4) is 11.3 Å². The summed E-state index contributed by atoms with van der Waals surface area (Å²) in [6.45, 7) is 3.50. The highest BCUT2D eigenvalue weighted by Crippen LogP contribution is 2.32. The van der Waals surface area contributed by atoms with Crippen LogP contribution in [0, 0.1) is 0 Å². The Labute approximate surface area is 162 Å². The lowest BCUT2D eigenvalue weighted by Crippen LogP contribution is -2.40. The number of thiazole rings is 1. The van der Waals surface area contributed by atoms with Gasteiger partial charge in [-0.05, 0) is 24.5 Å². The summed E-state index contributed by atoms with van der Waals surface area (Å²) in [4.78, 5) is 19.5. The molecule has 1 aromatic heterocycles. The molecule has 1 aliphatic heterocycles. The molecule has 5 heteroatoms. The normalized spacial score (nSPS) is 14.7. The molecule has 2 aromatic carbocycles. The molecule has 26 heavy (non-hydrogen) atoms. The van der Waals surface area contributed by atoms with Gasteiger partial charge in [0.25, 0.3) is 0 Å². The number of thioether (sulfide) groups is 1. The van der Waals surface area contributed by atoms with Crippen molar-refractivity contribution in [3.63, 3.8) is 0 Å². The van der Waals surface area contributed by atoms with Gasteiger partial charge in [0.15, 0.2) is 4.34 Å². The Morgan fingerprint density at radius 2 is 1.85 bits per heavy atom. The number of benzene rings is 2. The first-order chi connectivity index (χ1) is 12.7. The average molecular weight is 381 g/mol. The molecule has 1 unspecified atom stereocenters. The Balaban J connectivity index is 1.42. The molecular formula is C21H20N2OS2. The first-order valence-corrected chi connectivity index (χ1v) is 10.5. The standard InChI is InChI=1S/C21H20N2OS2/c1-15(20(24)23-12-11-16-7-5-6-10-18(16)13-23)26-21-22-19(14-25-21)17-8-3-2-4-9-17/h2-10,14-15H,11-13H2,1H3. The van der Waals surface area contributed by atoms with Gasteiger partial charge < -0.3 is 4.90 Å². The van der Waals surface area contributed by atoms with E-state index in [-0.39, 0.29) is 11.2 Å². The third-order valence-corrected chi connectivity index (χ3v) is 6.68. The van der Waals surface area contributed by atoms with Gasteiger partial charge in [-0.1, -0.05) is 66.4 Å². The van der Waals surface area contributed by atoms with Gasteiger partial charge in [-0.3, -0.25) is 4.79 Å². The number of hydrogen-bond acceptors (Lipinski definition) is 4. The Kier molecular flexibility index (Phi) is 5.09. The molecule has 0 spiro atoms. The van der Waals surface area contributed by atoms with Crippen LogP contribution in [0.4, 0.5) is 0 Å². The van der Waals surface area contributed by atoms with Gasteiger partial charge in [-0.25, -0.2) is 4.98 Å². The Morgan fingerprint density at radius 1 is 1.12 bits per heavy atom. The van der Waals surface area contributed by atoms with E-state index in [1.165, 1.54) is 11.1 Å². The van der Waals surface area contributed by atoms with Crippen LogP contribution in [0.25, 0.3) is 11.3 Å². The van der Waals surface area contributed by atoms with Crippen LogP contribution in [0.5, 0.6) is 0 Å². The van der Waals surface area contributed by atoms with Crippen LogP contribution in [0.15, 0.2) is 64.3 Å². The van der Waals surface area contributed by atoms with Crippen LogP contribution in [-0.4, -0.2) is 27.6 Å². The lowest BCUT2D eigenvalue weighted by atomic mass is 10.00. The van der Waals surface area contributed by atoms with Crippen molar-refractivity contribution in [2.75, 3.05) is 6.54 Å². The van der Waals surface area contributed by atoms with Crippen molar-refractivity contribution in [1.29, 1.82) is 0 Å². The molecular weight excluding hydrogens is 360 g/mol. The van der Waals surface area contributed by atoms with E-state index in [1.807, 2.05) is 36.1 Å². The maximum absolute atomic E-state index is 12.9. The van der Waals surface area contributed by atoms with Crippen LogP contribution in [-0.2, 0) is 17.8 Å². The number of hydrogen-bond donors (Lipinski definition) is 0. The van der Waals surface area contributed by atoms with Gasteiger partial charge in [0, 0.05) is 24.0 Å². The molecule has 3 aromatic rings. The molecule has 0 radical (unpaired) electrons. The smallest absolute Gasteiger partial charge is 0.236 e. The van der Waals surface area contributed by atoms with Crippen molar-refractivity contribution >= 4 is 29.0 Å². The number of nitrogens with zero attached hydrogens (tertiary/aromatic N) is 2. The van der Waals surface area contributed by atoms with E-state index in [2.05, 4.69) is 35.7 Å². The van der Waals surface area contributed by atoms with Gasteiger partial charge in [-0.15, -0.1) is 11.3 Å². The Bertz CT molecular complexity index is 907. The van der Waals surface area contributed by atoms with E-state index in [1.54, 1.807) is 23.1 Å². The van der Waals surface area contributed by atoms with Gasteiger partial charge in [-0.2, -0.15) is 0 Å². The van der Waals surface area contributed by atoms with Crippen LogP contribution in [0.1, 0.15) is 18.1 Å². The largest absolute Gasteiger partial charge is 0.337 e. The zero-order valence-electron chi connectivity index (χ0n) is 14.6. The van der Waals surface area contributed by atoms with Crippen LogP contribution < -0.4 is 0 Å². The van der Waals surface area contributed by atoms with Crippen molar-refractivity contribution in [2.45, 2.75) is 29.5 Å². The van der Waals surface area contributed by atoms with Crippen LogP contribution in [0.3, 0.4) is 0 Å². The summed E-state index contributed by atoms with van der Waals surface area (Å²) in [6.07, 6.45) is 0.939. The minimum Gasteiger partial charge on any atom is -0.337 e. The number of rotatable bonds is 4. The Morgan fingerprint density at radius 3 is 2.65 bits per heavy atom. The maximum Gasteiger partial charge on any atom is 0.236 e. The third kappa shape index (κ3) is 3.69. The van der Waals surface area contributed by atoms with E-state index >= 15 is 0 Å². The fourth-order valence-corrected chi connectivity index (χ4v) is 5.25. The van der Waals surface area contributed by atoms with Crippen molar-refractivity contribution < 1.29 is 4.79 Å². The number of carbonyl (C=O) groups is 1. The van der Waals surface area contributed by atoms with E-state index in [9.17, 15) is 4.79 Å². The molecule has 1 amide bonds. The predicted molar refractivity (Wildman–Crippen MR) is 108 cm³/mol. The summed E-state index contributed by atoms with van der Waals surface area (Å²) >= 11 is 3.16. The third-order valence-electron chi connectivity index (χ3n) is 4.62. The van der Waals surface area contributed by atoms with Crippen molar-refractivity contribution in [2.24, 2.45) is 0 Å². The quantitative estimate of drug-likeness (QED) is 0.605. The maximum atomic E-state index is 12.9. The summed E-state index contributed by atoms with van der Waals surface area (Å²) in [5.74, 6) is 0.195. The highest BCUT2D eigenvalue weighted by Gasteiger charge is 2.25. The molecule has 4 rings (SSSR count). The van der Waals surface area contributed by atoms with E-state index in [0.717, 1.165) is 28.6 Å². The molecule has 1 aliphatic rings. The fraction of sp³-hybridized carbons (Fsp3) is 0.238. The van der Waals surface area contributed by atoms with Crippen molar-refractivity contribution in [3.05, 3.63) is 71.1 Å². The highest BCUT2D eigenvalue weighted by atomic mass is 32.2. The summed E-state index contributed by atoms with van der Waals surface area (Å²) < 4.78 is 0.946. The molecule has 2 heterocycles. The summed E-state index contributed by atoms with van der Waals surface area (Å²) in [6, 6.07) is 18.6. The Hall–Kier alpha value is -2.11. The zero-order valence-corrected chi connectivity index (χ0v) is 16.2. The van der Waals surface area contributed by atoms with Gasteiger partial charge >= 0.3 is 0 Å². The van der Waals surface area contributed by atoms with E-state index < -0.39 is 0 Å². The molecule has 0 saturated heterocycles. The first-order valence-electron chi connectivity index (χ1n) is 8.74. The highest BCUT2D eigenvalue weighted by molar-refractivity contribution is 8.02. The van der Waals surface area contributed by atoms with Crippen molar-refractivity contribution in [1.82, 2.24) is 9.88 Å². The summed E-state index contributed by atoms with van der Waals surface area (Å²) in [7, 11) is 0. The number of fused-ring (bicyclic) bond motifs is 1. The van der Waals surface area contributed by atoms with E-state index in [0.29, 0.717) is 6.54 Å². The molecule has 0 fully saturated rings. The topological polar surface area (TPSA) is 33.2 Å². The molecule has 0 N–H and O–H groups in total. The molecule has 0 bridgehead atoms. The minimum atomic E-state index is -0.130. The number of aromatic nitrogens is 1. The second-order valence-electron chi connectivity index (χ2n) is 6.40. The fourth-order valence-electron chi connectivity index (χ4n) is 3.20. The predicted octanol–water partition coefficient (Wildman–Crippen LogP) is 4.88. The second kappa shape index (κ2) is 7.64. The van der Waals surface area contributed by atoms with Gasteiger partial charge in [0.2, 0.25) is 5.91 Å². The lowest BCUT2D eigenvalue weighted by molar-refractivity contribution is -0.131. The van der Waals surface area contributed by atoms with E-state index in [4.69, 9.17) is 4.98 Å². The number of amides is 1. The number of carbonyl (C=O) groups excluding carboxylic acids is 1. The summed E-state index contributed by atoms with van der Waals surface area (Å²) in [5, 5.41) is 1.93.